The number of ether oxygens (including phenoxy) is 1. The van der Waals surface area contributed by atoms with Gasteiger partial charge in [-0.2, -0.15) is 0 Å². The minimum absolute atomic E-state index is 0.0955. The highest BCUT2D eigenvalue weighted by atomic mass is 32.1. The molecule has 2 aromatic rings. The second-order valence-electron chi connectivity index (χ2n) is 6.41. The first-order valence-corrected chi connectivity index (χ1v) is 9.10. The third kappa shape index (κ3) is 3.59. The van der Waals surface area contributed by atoms with E-state index < -0.39 is 0 Å². The van der Waals surface area contributed by atoms with Gasteiger partial charge in [-0.15, -0.1) is 11.3 Å². The Morgan fingerprint density at radius 2 is 2.00 bits per heavy atom. The fourth-order valence-corrected chi connectivity index (χ4v) is 4.29. The summed E-state index contributed by atoms with van der Waals surface area (Å²) in [6.07, 6.45) is 3.86. The minimum Gasteiger partial charge on any atom is -0.455 e. The fraction of sp³-hybridized carbons (Fsp3) is 0.500. The van der Waals surface area contributed by atoms with Crippen molar-refractivity contribution < 1.29 is 14.3 Å². The van der Waals surface area contributed by atoms with Gasteiger partial charge in [-0.3, -0.25) is 9.59 Å². The van der Waals surface area contributed by atoms with E-state index in [0.29, 0.717) is 0 Å². The van der Waals surface area contributed by atoms with Crippen LogP contribution in [0.1, 0.15) is 36.6 Å². The Morgan fingerprint density at radius 1 is 1.25 bits per heavy atom. The van der Waals surface area contributed by atoms with Crippen LogP contribution in [0, 0.1) is 5.92 Å². The number of nitrogens with zero attached hydrogens (tertiary/aromatic N) is 2. The summed E-state index contributed by atoms with van der Waals surface area (Å²) < 4.78 is 6.42. The van der Waals surface area contributed by atoms with Crippen LogP contribution in [0.5, 0.6) is 0 Å². The van der Waals surface area contributed by atoms with Gasteiger partial charge in [0.05, 0.1) is 21.1 Å². The lowest BCUT2D eigenvalue weighted by Crippen LogP contribution is -2.32. The summed E-state index contributed by atoms with van der Waals surface area (Å²) in [5.74, 6) is -0.572. The Morgan fingerprint density at radius 3 is 2.75 bits per heavy atom. The molecule has 0 unspecified atom stereocenters. The van der Waals surface area contributed by atoms with E-state index >= 15 is 0 Å². The summed E-state index contributed by atoms with van der Waals surface area (Å²) in [6, 6.07) is 8.04. The molecule has 1 amide bonds. The second kappa shape index (κ2) is 7.30. The van der Waals surface area contributed by atoms with Crippen LogP contribution in [-0.4, -0.2) is 42.5 Å². The smallest absolute Gasteiger partial charge is 0.310 e. The molecule has 24 heavy (non-hydrogen) atoms. The molecule has 0 radical (unpaired) electrons. The number of benzene rings is 1. The highest BCUT2D eigenvalue weighted by molar-refractivity contribution is 7.18. The van der Waals surface area contributed by atoms with Crippen LogP contribution in [0.25, 0.3) is 10.2 Å². The maximum atomic E-state index is 12.5. The van der Waals surface area contributed by atoms with Gasteiger partial charge in [-0.05, 0) is 25.0 Å². The average molecular weight is 346 g/mol. The third-order valence-corrected chi connectivity index (χ3v) is 5.70. The number of esters is 1. The first kappa shape index (κ1) is 16.9. The summed E-state index contributed by atoms with van der Waals surface area (Å²) in [6.45, 7) is -0.186. The highest BCUT2D eigenvalue weighted by Gasteiger charge is 2.35. The number of hydrogen-bond acceptors (Lipinski definition) is 5. The molecule has 1 saturated carbocycles. The van der Waals surface area contributed by atoms with E-state index in [1.54, 1.807) is 25.4 Å². The van der Waals surface area contributed by atoms with Gasteiger partial charge in [-0.25, -0.2) is 4.98 Å². The largest absolute Gasteiger partial charge is 0.455 e. The number of carbonyl (C=O) groups excluding carboxylic acids is 2. The van der Waals surface area contributed by atoms with Crippen LogP contribution in [0.2, 0.25) is 0 Å². The van der Waals surface area contributed by atoms with Crippen molar-refractivity contribution in [1.29, 1.82) is 0 Å². The molecular formula is C18H22N2O3S. The van der Waals surface area contributed by atoms with Crippen molar-refractivity contribution in [2.75, 3.05) is 20.7 Å². The van der Waals surface area contributed by atoms with Crippen LogP contribution >= 0.6 is 11.3 Å². The number of rotatable bonds is 4. The Hall–Kier alpha value is -1.95. The molecule has 1 aliphatic rings. The standard InChI is InChI=1S/C18H22N2O3S/c1-20(2)16(21)11-23-18(22)13-8-4-3-7-12(13)17-19-14-9-5-6-10-15(14)24-17/h5-6,9-10,12-13H,3-4,7-8,11H2,1-2H3/t12-,13-/m1/s1. The van der Waals surface area contributed by atoms with E-state index in [9.17, 15) is 9.59 Å². The molecule has 0 aliphatic heterocycles. The summed E-state index contributed by atoms with van der Waals surface area (Å²) in [7, 11) is 3.31. The number of carbonyl (C=O) groups is 2. The molecule has 0 saturated heterocycles. The number of para-hydroxylation sites is 1. The molecule has 5 nitrogen and oxygen atoms in total. The fourth-order valence-electron chi connectivity index (χ4n) is 3.13. The predicted octanol–water partition coefficient (Wildman–Crippen LogP) is 3.20. The lowest BCUT2D eigenvalue weighted by atomic mass is 9.79. The van der Waals surface area contributed by atoms with Crippen LogP contribution in [0.4, 0.5) is 0 Å². The lowest BCUT2D eigenvalue weighted by Gasteiger charge is -2.28. The predicted molar refractivity (Wildman–Crippen MR) is 94.0 cm³/mol. The zero-order valence-electron chi connectivity index (χ0n) is 14.0. The van der Waals surface area contributed by atoms with Crippen LogP contribution in [-0.2, 0) is 14.3 Å². The Kier molecular flexibility index (Phi) is 5.14. The number of aromatic nitrogens is 1. The number of hydrogen-bond donors (Lipinski definition) is 0. The maximum absolute atomic E-state index is 12.5. The van der Waals surface area contributed by atoms with E-state index in [-0.39, 0.29) is 30.3 Å². The van der Waals surface area contributed by atoms with Crippen LogP contribution in [0.3, 0.4) is 0 Å². The van der Waals surface area contributed by atoms with Gasteiger partial charge in [0.25, 0.3) is 5.91 Å². The van der Waals surface area contributed by atoms with Gasteiger partial charge in [0.2, 0.25) is 0 Å². The van der Waals surface area contributed by atoms with Gasteiger partial charge >= 0.3 is 5.97 Å². The Labute approximate surface area is 145 Å². The van der Waals surface area contributed by atoms with Crippen molar-refractivity contribution in [3.63, 3.8) is 0 Å². The normalized spacial score (nSPS) is 20.8. The van der Waals surface area contributed by atoms with Crippen molar-refractivity contribution in [3.8, 4) is 0 Å². The van der Waals surface area contributed by atoms with Crippen LogP contribution in [0.15, 0.2) is 24.3 Å². The number of thiazole rings is 1. The van der Waals surface area contributed by atoms with Gasteiger partial charge in [0.15, 0.2) is 6.61 Å². The monoisotopic (exact) mass is 346 g/mol. The van der Waals surface area contributed by atoms with E-state index in [1.165, 1.54) is 4.90 Å². The van der Waals surface area contributed by atoms with Gasteiger partial charge < -0.3 is 9.64 Å². The second-order valence-corrected chi connectivity index (χ2v) is 7.48. The highest BCUT2D eigenvalue weighted by Crippen LogP contribution is 2.41. The Bertz CT molecular complexity index is 708. The van der Waals surface area contributed by atoms with Gasteiger partial charge in [-0.1, -0.05) is 25.0 Å². The molecule has 3 rings (SSSR count). The molecule has 1 aromatic heterocycles. The van der Waals surface area contributed by atoms with Crippen molar-refractivity contribution in [2.24, 2.45) is 5.92 Å². The zero-order valence-corrected chi connectivity index (χ0v) is 14.8. The van der Waals surface area contributed by atoms with Gasteiger partial charge in [0, 0.05) is 20.0 Å². The topological polar surface area (TPSA) is 59.5 Å². The van der Waals surface area contributed by atoms with E-state index in [2.05, 4.69) is 6.07 Å². The Balaban J connectivity index is 1.75. The van der Waals surface area contributed by atoms with E-state index in [4.69, 9.17) is 9.72 Å². The molecule has 1 fully saturated rings. The van der Waals surface area contributed by atoms with Crippen molar-refractivity contribution >= 4 is 33.4 Å². The molecular weight excluding hydrogens is 324 g/mol. The van der Waals surface area contributed by atoms with Crippen LogP contribution < -0.4 is 0 Å². The molecule has 0 spiro atoms. The third-order valence-electron chi connectivity index (χ3n) is 4.53. The first-order valence-electron chi connectivity index (χ1n) is 8.28. The lowest BCUT2D eigenvalue weighted by molar-refractivity contribution is -0.156. The summed E-state index contributed by atoms with van der Waals surface area (Å²) in [5, 5.41) is 1.01. The SMILES string of the molecule is CN(C)C(=O)COC(=O)[C@@H]1CCCC[C@H]1c1nc2ccccc2s1. The number of amides is 1. The summed E-state index contributed by atoms with van der Waals surface area (Å²) >= 11 is 1.66. The molecule has 2 atom stereocenters. The van der Waals surface area contributed by atoms with Crippen molar-refractivity contribution in [1.82, 2.24) is 9.88 Å². The molecule has 0 bridgehead atoms. The van der Waals surface area contributed by atoms with E-state index in [1.807, 2.05) is 18.2 Å². The molecule has 1 heterocycles. The summed E-state index contributed by atoms with van der Waals surface area (Å²) in [4.78, 5) is 30.3. The molecule has 0 N–H and O–H groups in total. The zero-order chi connectivity index (χ0) is 17.1. The van der Waals surface area contributed by atoms with Crippen molar-refractivity contribution in [2.45, 2.75) is 31.6 Å². The summed E-state index contributed by atoms with van der Waals surface area (Å²) in [5.41, 5.74) is 0.984. The average Bonchev–Trinajstić information content (AvgIpc) is 3.03. The first-order chi connectivity index (χ1) is 11.6. The quantitative estimate of drug-likeness (QED) is 0.798. The molecule has 1 aliphatic carbocycles. The molecule has 128 valence electrons. The van der Waals surface area contributed by atoms with Crippen molar-refractivity contribution in [3.05, 3.63) is 29.3 Å². The van der Waals surface area contributed by atoms with E-state index in [0.717, 1.165) is 40.9 Å². The number of fused-ring (bicyclic) bond motifs is 1. The minimum atomic E-state index is -0.269. The van der Waals surface area contributed by atoms with Gasteiger partial charge in [0.1, 0.15) is 0 Å². The molecule has 1 aromatic carbocycles. The number of likely N-dealkylation sites (N-methyl/N-ethyl adjacent to an activating group) is 1. The molecule has 6 heteroatoms. The maximum Gasteiger partial charge on any atom is 0.310 e.